The Kier molecular flexibility index (Phi) is 3.98. The van der Waals surface area contributed by atoms with Gasteiger partial charge in [-0.3, -0.25) is 9.78 Å². The Balaban J connectivity index is 2.29. The highest BCUT2D eigenvalue weighted by atomic mass is 16.5. The fraction of sp³-hybridized carbons (Fsp3) is 0.529. The van der Waals surface area contributed by atoms with Gasteiger partial charge in [-0.25, -0.2) is 0 Å². The van der Waals surface area contributed by atoms with Gasteiger partial charge in [-0.15, -0.1) is 0 Å². The first-order valence-electron chi connectivity index (χ1n) is 7.04. The number of rotatable bonds is 3. The minimum atomic E-state index is 0.0594. The minimum absolute atomic E-state index is 0.0594. The van der Waals surface area contributed by atoms with E-state index in [-0.39, 0.29) is 11.2 Å². The van der Waals surface area contributed by atoms with E-state index in [0.717, 1.165) is 35.4 Å². The van der Waals surface area contributed by atoms with Crippen LogP contribution in [0.15, 0.2) is 17.8 Å². The van der Waals surface area contributed by atoms with E-state index < -0.39 is 0 Å². The van der Waals surface area contributed by atoms with Crippen LogP contribution in [0.25, 0.3) is 0 Å². The molecule has 1 aromatic rings. The number of carbonyl (C=O) groups excluding carboxylic acids is 1. The van der Waals surface area contributed by atoms with E-state index in [1.165, 1.54) is 5.57 Å². The van der Waals surface area contributed by atoms with Crippen molar-refractivity contribution in [2.45, 2.75) is 47.0 Å². The van der Waals surface area contributed by atoms with Gasteiger partial charge >= 0.3 is 0 Å². The highest BCUT2D eigenvalue weighted by Crippen LogP contribution is 2.35. The average molecular weight is 273 g/mol. The summed E-state index contributed by atoms with van der Waals surface area (Å²) in [5.41, 5.74) is 4.35. The van der Waals surface area contributed by atoms with Gasteiger partial charge in [0.05, 0.1) is 12.8 Å². The number of hydrogen-bond acceptors (Lipinski definition) is 3. The summed E-state index contributed by atoms with van der Waals surface area (Å²) in [5.74, 6) is 1.13. The molecule has 0 spiro atoms. The Bertz CT molecular complexity index is 571. The van der Waals surface area contributed by atoms with Crippen molar-refractivity contribution in [3.8, 4) is 5.75 Å². The highest BCUT2D eigenvalue weighted by molar-refractivity contribution is 5.91. The standard InChI is InChI=1S/C17H23NO2/c1-11-10-18-15(12(2)16(11)20-5)7-13-6-14(19)9-17(3,4)8-13/h6,10H,7-9H2,1-5H3. The molecule has 0 aliphatic heterocycles. The largest absolute Gasteiger partial charge is 0.496 e. The van der Waals surface area contributed by atoms with E-state index in [4.69, 9.17) is 4.74 Å². The van der Waals surface area contributed by atoms with Crippen LogP contribution in [0.4, 0.5) is 0 Å². The molecule has 0 aromatic carbocycles. The zero-order chi connectivity index (χ0) is 14.9. The molecule has 0 N–H and O–H groups in total. The Hall–Kier alpha value is -1.64. The van der Waals surface area contributed by atoms with Gasteiger partial charge in [-0.05, 0) is 31.8 Å². The number of nitrogens with zero attached hydrogens (tertiary/aromatic N) is 1. The lowest BCUT2D eigenvalue weighted by atomic mass is 9.75. The molecule has 0 bridgehead atoms. The van der Waals surface area contributed by atoms with E-state index in [1.54, 1.807) is 13.2 Å². The SMILES string of the molecule is COc1c(C)cnc(CC2=CC(=O)CC(C)(C)C2)c1C. The molecule has 0 saturated heterocycles. The summed E-state index contributed by atoms with van der Waals surface area (Å²) in [6.07, 6.45) is 5.98. The lowest BCUT2D eigenvalue weighted by Gasteiger charge is -2.29. The van der Waals surface area contributed by atoms with Gasteiger partial charge < -0.3 is 4.74 Å². The van der Waals surface area contributed by atoms with Gasteiger partial charge in [0.1, 0.15) is 5.75 Å². The second-order valence-corrected chi connectivity index (χ2v) is 6.51. The van der Waals surface area contributed by atoms with Crippen LogP contribution >= 0.6 is 0 Å². The van der Waals surface area contributed by atoms with Crippen molar-refractivity contribution in [3.63, 3.8) is 0 Å². The topological polar surface area (TPSA) is 39.2 Å². The van der Waals surface area contributed by atoms with Gasteiger partial charge in [-0.2, -0.15) is 0 Å². The molecule has 0 atom stereocenters. The van der Waals surface area contributed by atoms with Crippen LogP contribution in [0.5, 0.6) is 5.75 Å². The summed E-state index contributed by atoms with van der Waals surface area (Å²) in [6.45, 7) is 8.32. The maximum absolute atomic E-state index is 11.8. The maximum Gasteiger partial charge on any atom is 0.156 e. The molecule has 0 fully saturated rings. The summed E-state index contributed by atoms with van der Waals surface area (Å²) in [7, 11) is 1.69. The normalized spacial score (nSPS) is 17.9. The molecule has 0 radical (unpaired) electrons. The molecule has 108 valence electrons. The molecule has 1 aliphatic carbocycles. The van der Waals surface area contributed by atoms with Gasteiger partial charge in [0, 0.05) is 30.2 Å². The second-order valence-electron chi connectivity index (χ2n) is 6.51. The van der Waals surface area contributed by atoms with Crippen molar-refractivity contribution in [2.24, 2.45) is 5.41 Å². The van der Waals surface area contributed by atoms with Crippen molar-refractivity contribution in [1.29, 1.82) is 0 Å². The lowest BCUT2D eigenvalue weighted by molar-refractivity contribution is -0.117. The summed E-state index contributed by atoms with van der Waals surface area (Å²) < 4.78 is 5.44. The maximum atomic E-state index is 11.8. The molecule has 0 unspecified atom stereocenters. The van der Waals surface area contributed by atoms with Crippen molar-refractivity contribution in [3.05, 3.63) is 34.7 Å². The second kappa shape index (κ2) is 5.39. The van der Waals surface area contributed by atoms with Crippen LogP contribution in [-0.2, 0) is 11.2 Å². The zero-order valence-electron chi connectivity index (χ0n) is 13.0. The van der Waals surface area contributed by atoms with Crippen LogP contribution in [0.3, 0.4) is 0 Å². The van der Waals surface area contributed by atoms with Crippen LogP contribution in [-0.4, -0.2) is 17.9 Å². The smallest absolute Gasteiger partial charge is 0.156 e. The van der Waals surface area contributed by atoms with Crippen LogP contribution in [0, 0.1) is 19.3 Å². The molecule has 1 aromatic heterocycles. The Morgan fingerprint density at radius 2 is 2.00 bits per heavy atom. The van der Waals surface area contributed by atoms with Crippen molar-refractivity contribution < 1.29 is 9.53 Å². The monoisotopic (exact) mass is 273 g/mol. The van der Waals surface area contributed by atoms with E-state index >= 15 is 0 Å². The molecular weight excluding hydrogens is 250 g/mol. The molecule has 0 amide bonds. The Labute approximate surface area is 121 Å². The van der Waals surface area contributed by atoms with Crippen molar-refractivity contribution in [2.75, 3.05) is 7.11 Å². The molecular formula is C17H23NO2. The summed E-state index contributed by atoms with van der Waals surface area (Å²) >= 11 is 0. The third-order valence-electron chi connectivity index (χ3n) is 3.87. The molecule has 3 nitrogen and oxygen atoms in total. The minimum Gasteiger partial charge on any atom is -0.496 e. The number of ether oxygens (including phenoxy) is 1. The van der Waals surface area contributed by atoms with E-state index in [2.05, 4.69) is 18.8 Å². The first-order valence-corrected chi connectivity index (χ1v) is 7.04. The summed E-state index contributed by atoms with van der Waals surface area (Å²) in [5, 5.41) is 0. The number of hydrogen-bond donors (Lipinski definition) is 0. The van der Waals surface area contributed by atoms with E-state index in [1.807, 2.05) is 20.0 Å². The summed E-state index contributed by atoms with van der Waals surface area (Å²) in [4.78, 5) is 16.3. The average Bonchev–Trinajstić information content (AvgIpc) is 2.31. The summed E-state index contributed by atoms with van der Waals surface area (Å²) in [6, 6.07) is 0. The Morgan fingerprint density at radius 3 is 2.60 bits per heavy atom. The highest BCUT2D eigenvalue weighted by Gasteiger charge is 2.27. The third kappa shape index (κ3) is 3.09. The Morgan fingerprint density at radius 1 is 1.30 bits per heavy atom. The number of pyridine rings is 1. The van der Waals surface area contributed by atoms with Crippen molar-refractivity contribution >= 4 is 5.78 Å². The third-order valence-corrected chi connectivity index (χ3v) is 3.87. The molecule has 20 heavy (non-hydrogen) atoms. The number of methoxy groups -OCH3 is 1. The van der Waals surface area contributed by atoms with E-state index in [0.29, 0.717) is 6.42 Å². The van der Waals surface area contributed by atoms with Gasteiger partial charge in [0.15, 0.2) is 5.78 Å². The molecule has 0 saturated carbocycles. The number of aromatic nitrogens is 1. The first kappa shape index (κ1) is 14.8. The van der Waals surface area contributed by atoms with Gasteiger partial charge in [0.2, 0.25) is 0 Å². The predicted molar refractivity (Wildman–Crippen MR) is 80.1 cm³/mol. The molecule has 1 aliphatic rings. The van der Waals surface area contributed by atoms with Crippen LogP contribution in [0.1, 0.15) is 43.5 Å². The fourth-order valence-corrected chi connectivity index (χ4v) is 3.06. The van der Waals surface area contributed by atoms with Gasteiger partial charge in [0.25, 0.3) is 0 Å². The molecule has 1 heterocycles. The van der Waals surface area contributed by atoms with E-state index in [9.17, 15) is 4.79 Å². The number of aryl methyl sites for hydroxylation is 1. The van der Waals surface area contributed by atoms with Crippen LogP contribution in [0.2, 0.25) is 0 Å². The first-order chi connectivity index (χ1) is 9.32. The molecule has 2 rings (SSSR count). The van der Waals surface area contributed by atoms with Gasteiger partial charge in [-0.1, -0.05) is 19.4 Å². The van der Waals surface area contributed by atoms with Crippen LogP contribution < -0.4 is 4.74 Å². The fourth-order valence-electron chi connectivity index (χ4n) is 3.06. The lowest BCUT2D eigenvalue weighted by Crippen LogP contribution is -2.22. The number of allylic oxidation sites excluding steroid dienone is 2. The zero-order valence-corrected chi connectivity index (χ0v) is 13.0. The van der Waals surface area contributed by atoms with Crippen molar-refractivity contribution in [1.82, 2.24) is 4.98 Å². The number of carbonyl (C=O) groups is 1. The molecule has 3 heteroatoms. The quantitative estimate of drug-likeness (QED) is 0.845. The number of ketones is 1. The predicted octanol–water partition coefficient (Wildman–Crippen LogP) is 3.57.